The van der Waals surface area contributed by atoms with Gasteiger partial charge in [0.15, 0.2) is 10.8 Å². The van der Waals surface area contributed by atoms with Gasteiger partial charge in [0.05, 0.1) is 24.7 Å². The van der Waals surface area contributed by atoms with Crippen LogP contribution in [-0.4, -0.2) is 50.5 Å². The van der Waals surface area contributed by atoms with Gasteiger partial charge in [-0.2, -0.15) is 5.10 Å². The van der Waals surface area contributed by atoms with Gasteiger partial charge in [0, 0.05) is 13.6 Å². The van der Waals surface area contributed by atoms with E-state index in [9.17, 15) is 9.59 Å². The number of thioether (sulfide) groups is 1. The third-order valence-electron chi connectivity index (χ3n) is 5.71. The molecule has 0 saturated heterocycles. The number of rotatable bonds is 7. The van der Waals surface area contributed by atoms with E-state index in [0.29, 0.717) is 22.7 Å². The highest BCUT2D eigenvalue weighted by molar-refractivity contribution is 7.99. The molecule has 1 N–H and O–H groups in total. The van der Waals surface area contributed by atoms with Gasteiger partial charge in [-0.05, 0) is 46.7 Å². The van der Waals surface area contributed by atoms with Crippen molar-refractivity contribution in [1.82, 2.24) is 24.6 Å². The first-order valence-corrected chi connectivity index (χ1v) is 12.0. The van der Waals surface area contributed by atoms with Crippen LogP contribution >= 0.6 is 11.8 Å². The molecule has 5 rings (SSSR count). The maximum atomic E-state index is 12.8. The average molecular weight is 486 g/mol. The van der Waals surface area contributed by atoms with E-state index in [-0.39, 0.29) is 17.2 Å². The molecule has 0 unspecified atom stereocenters. The monoisotopic (exact) mass is 485 g/mol. The summed E-state index contributed by atoms with van der Waals surface area (Å²) in [5.74, 6) is 0.894. The number of hydrogen-bond donors (Lipinski definition) is 1. The molecule has 5 aromatic rings. The third-order valence-corrected chi connectivity index (χ3v) is 6.56. The summed E-state index contributed by atoms with van der Waals surface area (Å²) < 4.78 is 6.90. The summed E-state index contributed by atoms with van der Waals surface area (Å²) in [4.78, 5) is 34.3. The summed E-state index contributed by atoms with van der Waals surface area (Å²) in [6, 6.07) is 21.5. The van der Waals surface area contributed by atoms with Crippen LogP contribution in [0.3, 0.4) is 0 Å². The molecule has 1 amide bonds. The Morgan fingerprint density at radius 2 is 1.86 bits per heavy atom. The van der Waals surface area contributed by atoms with Gasteiger partial charge in [-0.15, -0.1) is 0 Å². The highest BCUT2D eigenvalue weighted by atomic mass is 32.2. The topological polar surface area (TPSA) is 93.1 Å². The zero-order valence-electron chi connectivity index (χ0n) is 19.3. The number of ether oxygens (including phenoxy) is 1. The van der Waals surface area contributed by atoms with Crippen molar-refractivity contribution < 1.29 is 9.53 Å². The van der Waals surface area contributed by atoms with Crippen LogP contribution in [0.15, 0.2) is 82.9 Å². The van der Waals surface area contributed by atoms with Gasteiger partial charge < -0.3 is 14.6 Å². The minimum Gasteiger partial charge on any atom is -0.497 e. The molecule has 0 bridgehead atoms. The second kappa shape index (κ2) is 9.63. The van der Waals surface area contributed by atoms with Gasteiger partial charge in [0.25, 0.3) is 5.56 Å². The SMILES string of the molecule is COc1ccc2cc(CN(C)C(=O)CSc3nc4c(cnn4-c4ccccc4)c(=O)[nH]3)ccc2c1. The lowest BCUT2D eigenvalue weighted by atomic mass is 10.1. The second-order valence-corrected chi connectivity index (χ2v) is 9.05. The van der Waals surface area contributed by atoms with Crippen LogP contribution in [0, 0.1) is 0 Å². The molecule has 0 fully saturated rings. The molecule has 0 spiro atoms. The third kappa shape index (κ3) is 4.76. The molecule has 0 aliphatic carbocycles. The lowest BCUT2D eigenvalue weighted by molar-refractivity contribution is -0.127. The van der Waals surface area contributed by atoms with Crippen LogP contribution in [0.2, 0.25) is 0 Å². The zero-order valence-corrected chi connectivity index (χ0v) is 20.1. The van der Waals surface area contributed by atoms with Gasteiger partial charge in [0.2, 0.25) is 5.91 Å². The highest BCUT2D eigenvalue weighted by Gasteiger charge is 2.15. The smallest absolute Gasteiger partial charge is 0.262 e. The summed E-state index contributed by atoms with van der Waals surface area (Å²) in [5, 5.41) is 7.25. The van der Waals surface area contributed by atoms with E-state index < -0.39 is 0 Å². The molecule has 176 valence electrons. The minimum absolute atomic E-state index is 0.0656. The van der Waals surface area contributed by atoms with Crippen molar-refractivity contribution in [3.8, 4) is 11.4 Å². The predicted octanol–water partition coefficient (Wildman–Crippen LogP) is 4.02. The Balaban J connectivity index is 1.28. The first-order chi connectivity index (χ1) is 17.0. The van der Waals surface area contributed by atoms with Crippen LogP contribution in [-0.2, 0) is 11.3 Å². The summed E-state index contributed by atoms with van der Waals surface area (Å²) >= 11 is 1.20. The minimum atomic E-state index is -0.284. The molecule has 9 heteroatoms. The van der Waals surface area contributed by atoms with Crippen molar-refractivity contribution in [3.63, 3.8) is 0 Å². The van der Waals surface area contributed by atoms with Gasteiger partial charge in [-0.25, -0.2) is 9.67 Å². The number of methoxy groups -OCH3 is 1. The van der Waals surface area contributed by atoms with Crippen LogP contribution < -0.4 is 10.3 Å². The number of H-pyrrole nitrogens is 1. The molecular formula is C26H23N5O3S. The maximum Gasteiger partial charge on any atom is 0.262 e. The zero-order chi connectivity index (χ0) is 24.4. The predicted molar refractivity (Wildman–Crippen MR) is 137 cm³/mol. The molecule has 0 aliphatic heterocycles. The van der Waals surface area contributed by atoms with E-state index in [2.05, 4.69) is 21.1 Å². The van der Waals surface area contributed by atoms with Crippen molar-refractivity contribution in [1.29, 1.82) is 0 Å². The fraction of sp³-hybridized carbons (Fsp3) is 0.154. The number of para-hydroxylation sites is 1. The normalized spacial score (nSPS) is 11.1. The highest BCUT2D eigenvalue weighted by Crippen LogP contribution is 2.23. The number of fused-ring (bicyclic) bond motifs is 2. The number of aromatic amines is 1. The van der Waals surface area contributed by atoms with E-state index in [4.69, 9.17) is 4.74 Å². The number of carbonyl (C=O) groups is 1. The molecule has 8 nitrogen and oxygen atoms in total. The Labute approximate surface area is 205 Å². The van der Waals surface area contributed by atoms with Crippen LogP contribution in [0.5, 0.6) is 5.75 Å². The number of amides is 1. The van der Waals surface area contributed by atoms with Crippen molar-refractivity contribution >= 4 is 39.5 Å². The molecule has 0 saturated carbocycles. The Morgan fingerprint density at radius 3 is 2.66 bits per heavy atom. The summed E-state index contributed by atoms with van der Waals surface area (Å²) in [6.45, 7) is 0.477. The number of benzene rings is 3. The van der Waals surface area contributed by atoms with Gasteiger partial charge in [-0.1, -0.05) is 48.2 Å². The quantitative estimate of drug-likeness (QED) is 0.276. The van der Waals surface area contributed by atoms with E-state index in [0.717, 1.165) is 27.8 Å². The van der Waals surface area contributed by atoms with Crippen LogP contribution in [0.25, 0.3) is 27.5 Å². The van der Waals surface area contributed by atoms with Gasteiger partial charge >= 0.3 is 0 Å². The van der Waals surface area contributed by atoms with Crippen LogP contribution in [0.1, 0.15) is 5.56 Å². The lowest BCUT2D eigenvalue weighted by Crippen LogP contribution is -2.28. The van der Waals surface area contributed by atoms with Crippen molar-refractivity contribution in [2.45, 2.75) is 11.7 Å². The molecule has 2 heterocycles. The van der Waals surface area contributed by atoms with E-state index in [1.807, 2.05) is 60.7 Å². The van der Waals surface area contributed by atoms with Gasteiger partial charge in [0.1, 0.15) is 11.1 Å². The largest absolute Gasteiger partial charge is 0.497 e. The van der Waals surface area contributed by atoms with E-state index >= 15 is 0 Å². The van der Waals surface area contributed by atoms with Crippen molar-refractivity contribution in [2.24, 2.45) is 0 Å². The number of nitrogens with one attached hydrogen (secondary N) is 1. The van der Waals surface area contributed by atoms with Crippen molar-refractivity contribution in [2.75, 3.05) is 19.9 Å². The van der Waals surface area contributed by atoms with E-state index in [1.165, 1.54) is 18.0 Å². The number of carbonyl (C=O) groups excluding carboxylic acids is 1. The molecule has 2 aromatic heterocycles. The Hall–Kier alpha value is -4.11. The summed E-state index contributed by atoms with van der Waals surface area (Å²) in [5.41, 5.74) is 2.01. The van der Waals surface area contributed by atoms with Crippen molar-refractivity contribution in [3.05, 3.63) is 88.8 Å². The molecular weight excluding hydrogens is 462 g/mol. The molecule has 35 heavy (non-hydrogen) atoms. The fourth-order valence-electron chi connectivity index (χ4n) is 3.83. The van der Waals surface area contributed by atoms with Crippen LogP contribution in [0.4, 0.5) is 0 Å². The molecule has 0 atom stereocenters. The maximum absolute atomic E-state index is 12.8. The summed E-state index contributed by atoms with van der Waals surface area (Å²) in [7, 11) is 3.42. The second-order valence-electron chi connectivity index (χ2n) is 8.09. The number of nitrogens with zero attached hydrogens (tertiary/aromatic N) is 4. The molecule has 3 aromatic carbocycles. The first kappa shape index (κ1) is 22.7. The van der Waals surface area contributed by atoms with E-state index in [1.54, 1.807) is 23.7 Å². The molecule has 0 radical (unpaired) electrons. The Bertz CT molecular complexity index is 1580. The lowest BCUT2D eigenvalue weighted by Gasteiger charge is -2.17. The Kier molecular flexibility index (Phi) is 6.24. The first-order valence-electron chi connectivity index (χ1n) is 11.0. The summed E-state index contributed by atoms with van der Waals surface area (Å²) in [6.07, 6.45) is 1.50. The fourth-order valence-corrected chi connectivity index (χ4v) is 4.62. The average Bonchev–Trinajstić information content (AvgIpc) is 3.32. The van der Waals surface area contributed by atoms with Gasteiger partial charge in [-0.3, -0.25) is 9.59 Å². The number of aromatic nitrogens is 4. The standard InChI is InChI=1S/C26H23N5O3S/c1-30(15-17-8-9-19-13-21(34-2)11-10-18(19)12-17)23(32)16-35-26-28-24-22(25(33)29-26)14-27-31(24)20-6-4-3-5-7-20/h3-14H,15-16H2,1-2H3,(H,28,29,33). The Morgan fingerprint density at radius 1 is 1.09 bits per heavy atom. The molecule has 0 aliphatic rings. The number of hydrogen-bond acceptors (Lipinski definition) is 6.